The molecule has 0 unspecified atom stereocenters. The molecule has 2 aromatic heterocycles. The van der Waals surface area contributed by atoms with Crippen LogP contribution in [-0.2, 0) is 0 Å². The van der Waals surface area contributed by atoms with E-state index in [9.17, 15) is 9.59 Å². The molecule has 2 aliphatic rings. The number of pyridine rings is 2. The summed E-state index contributed by atoms with van der Waals surface area (Å²) in [5.41, 5.74) is 2.14. The molecule has 3 heterocycles. The summed E-state index contributed by atoms with van der Waals surface area (Å²) in [5.74, 6) is 0.0733. The van der Waals surface area contributed by atoms with E-state index in [-0.39, 0.29) is 11.7 Å². The topological polar surface area (TPSA) is 83.3 Å². The van der Waals surface area contributed by atoms with Gasteiger partial charge in [0.05, 0.1) is 17.4 Å². The molecule has 1 saturated carbocycles. The molecule has 2 N–H and O–H groups in total. The number of piperidine rings is 1. The van der Waals surface area contributed by atoms with E-state index in [1.54, 1.807) is 0 Å². The van der Waals surface area contributed by atoms with Gasteiger partial charge in [-0.3, -0.25) is 9.20 Å². The van der Waals surface area contributed by atoms with E-state index in [1.807, 2.05) is 6.92 Å². The summed E-state index contributed by atoms with van der Waals surface area (Å²) >= 11 is 0. The summed E-state index contributed by atoms with van der Waals surface area (Å²) in [7, 11) is 0. The van der Waals surface area contributed by atoms with Crippen LogP contribution in [0.1, 0.15) is 49.7 Å². The smallest absolute Gasteiger partial charge is 0.449 e. The number of aryl methyl sites for hydroxylation is 1. The first-order chi connectivity index (χ1) is 14.4. The number of carboxylic acid groups (broad SMARTS) is 1. The van der Waals surface area contributed by atoms with E-state index in [0.717, 1.165) is 63.0 Å². The van der Waals surface area contributed by atoms with Gasteiger partial charge in [0.1, 0.15) is 0 Å². The maximum Gasteiger partial charge on any atom is 0.511 e. The van der Waals surface area contributed by atoms with Gasteiger partial charge >= 0.3 is 6.16 Å². The van der Waals surface area contributed by atoms with Gasteiger partial charge in [0.25, 0.3) is 5.56 Å². The SMILES string of the molecule is CCNCC1CCN(c2c(F)cn3c(=O)c(OC(=O)O)cc(C4CC4)c3c2C)CC1. The third kappa shape index (κ3) is 3.88. The second kappa shape index (κ2) is 8.26. The molecule has 2 aromatic rings. The first-order valence-corrected chi connectivity index (χ1v) is 10.7. The van der Waals surface area contributed by atoms with Crippen molar-refractivity contribution in [1.82, 2.24) is 9.72 Å². The van der Waals surface area contributed by atoms with Crippen molar-refractivity contribution in [3.63, 3.8) is 0 Å². The van der Waals surface area contributed by atoms with E-state index in [2.05, 4.69) is 21.9 Å². The Morgan fingerprint density at radius 3 is 2.60 bits per heavy atom. The van der Waals surface area contributed by atoms with Crippen molar-refractivity contribution in [2.24, 2.45) is 5.92 Å². The van der Waals surface area contributed by atoms with Crippen LogP contribution in [0.25, 0.3) is 5.52 Å². The summed E-state index contributed by atoms with van der Waals surface area (Å²) in [6.45, 7) is 7.42. The number of nitrogens with one attached hydrogen (secondary N) is 1. The molecule has 162 valence electrons. The second-order valence-electron chi connectivity index (χ2n) is 8.32. The molecule has 0 amide bonds. The zero-order valence-corrected chi connectivity index (χ0v) is 17.4. The van der Waals surface area contributed by atoms with Crippen molar-refractivity contribution in [3.05, 3.63) is 39.6 Å². The number of hydrogen-bond donors (Lipinski definition) is 2. The predicted molar refractivity (Wildman–Crippen MR) is 112 cm³/mol. The highest BCUT2D eigenvalue weighted by Gasteiger charge is 2.31. The molecule has 30 heavy (non-hydrogen) atoms. The van der Waals surface area contributed by atoms with Crippen LogP contribution in [0, 0.1) is 18.7 Å². The molecule has 1 aliphatic heterocycles. The van der Waals surface area contributed by atoms with Crippen molar-refractivity contribution in [2.75, 3.05) is 31.1 Å². The lowest BCUT2D eigenvalue weighted by atomic mass is 9.95. The Bertz CT molecular complexity index is 1020. The standard InChI is InChI=1S/C22H28FN3O4/c1-3-24-11-14-6-8-25(9-7-14)20-13(2)19-16(15-4-5-15)10-18(30-22(28)29)21(27)26(19)12-17(20)23/h10,12,14-15,24H,3-9,11H2,1-2H3,(H,28,29). The Kier molecular flexibility index (Phi) is 5.69. The fraction of sp³-hybridized carbons (Fsp3) is 0.545. The van der Waals surface area contributed by atoms with E-state index >= 15 is 4.39 Å². The molecule has 2 fully saturated rings. The highest BCUT2D eigenvalue weighted by Crippen LogP contribution is 2.44. The summed E-state index contributed by atoms with van der Waals surface area (Å²) in [4.78, 5) is 25.8. The first-order valence-electron chi connectivity index (χ1n) is 10.7. The van der Waals surface area contributed by atoms with Crippen LogP contribution in [0.15, 0.2) is 17.1 Å². The molecule has 0 aromatic carbocycles. The number of aromatic nitrogens is 1. The minimum absolute atomic E-state index is 0.236. The van der Waals surface area contributed by atoms with Gasteiger partial charge < -0.3 is 20.1 Å². The molecule has 0 atom stereocenters. The van der Waals surface area contributed by atoms with Gasteiger partial charge in [-0.15, -0.1) is 0 Å². The van der Waals surface area contributed by atoms with Crippen molar-refractivity contribution >= 4 is 17.4 Å². The van der Waals surface area contributed by atoms with E-state index in [0.29, 0.717) is 17.1 Å². The average Bonchev–Trinajstić information content (AvgIpc) is 3.54. The van der Waals surface area contributed by atoms with Gasteiger partial charge in [0.15, 0.2) is 11.6 Å². The van der Waals surface area contributed by atoms with Crippen molar-refractivity contribution < 1.29 is 19.0 Å². The highest BCUT2D eigenvalue weighted by atomic mass is 19.1. The van der Waals surface area contributed by atoms with Crippen molar-refractivity contribution in [3.8, 4) is 5.75 Å². The summed E-state index contributed by atoms with van der Waals surface area (Å²) in [6.07, 6.45) is 3.54. The number of ether oxygens (including phenoxy) is 1. The zero-order valence-electron chi connectivity index (χ0n) is 17.4. The van der Waals surface area contributed by atoms with Crippen LogP contribution < -0.4 is 20.5 Å². The third-order valence-corrected chi connectivity index (χ3v) is 6.24. The molecule has 0 radical (unpaired) electrons. The Balaban J connectivity index is 1.75. The van der Waals surface area contributed by atoms with Crippen molar-refractivity contribution in [1.29, 1.82) is 0 Å². The average molecular weight is 417 g/mol. The van der Waals surface area contributed by atoms with Crippen LogP contribution in [0.5, 0.6) is 5.75 Å². The molecule has 8 heteroatoms. The maximum absolute atomic E-state index is 15.2. The minimum atomic E-state index is -1.55. The van der Waals surface area contributed by atoms with Gasteiger partial charge in [-0.05, 0) is 74.7 Å². The minimum Gasteiger partial charge on any atom is -0.449 e. The van der Waals surface area contributed by atoms with E-state index in [1.165, 1.54) is 16.7 Å². The molecule has 0 spiro atoms. The summed E-state index contributed by atoms with van der Waals surface area (Å²) in [6, 6.07) is 1.53. The molecule has 7 nitrogen and oxygen atoms in total. The highest BCUT2D eigenvalue weighted by molar-refractivity contribution is 5.74. The molecular weight excluding hydrogens is 389 g/mol. The number of anilines is 1. The fourth-order valence-corrected chi connectivity index (χ4v) is 4.59. The number of rotatable bonds is 6. The molecule has 0 bridgehead atoms. The largest absolute Gasteiger partial charge is 0.511 e. The van der Waals surface area contributed by atoms with Crippen LogP contribution >= 0.6 is 0 Å². The predicted octanol–water partition coefficient (Wildman–Crippen LogP) is 3.51. The van der Waals surface area contributed by atoms with Gasteiger partial charge in [-0.2, -0.15) is 0 Å². The lowest BCUT2D eigenvalue weighted by Crippen LogP contribution is -2.38. The monoisotopic (exact) mass is 417 g/mol. The number of halogens is 1. The Morgan fingerprint density at radius 2 is 2.00 bits per heavy atom. The lowest BCUT2D eigenvalue weighted by molar-refractivity contribution is 0.143. The van der Waals surface area contributed by atoms with Crippen molar-refractivity contribution in [2.45, 2.75) is 45.4 Å². The quantitative estimate of drug-likeness (QED) is 0.700. The zero-order chi connectivity index (χ0) is 21.4. The summed E-state index contributed by atoms with van der Waals surface area (Å²) < 4.78 is 21.1. The molecule has 1 saturated heterocycles. The maximum atomic E-state index is 15.2. The number of fused-ring (bicyclic) bond motifs is 1. The van der Waals surface area contributed by atoms with Gasteiger partial charge in [0.2, 0.25) is 0 Å². The lowest BCUT2D eigenvalue weighted by Gasteiger charge is -2.35. The van der Waals surface area contributed by atoms with Crippen LogP contribution in [0.2, 0.25) is 0 Å². The Labute approximate surface area is 174 Å². The first kappa shape index (κ1) is 20.7. The van der Waals surface area contributed by atoms with Crippen LogP contribution in [0.4, 0.5) is 14.9 Å². The number of nitrogens with zero attached hydrogens (tertiary/aromatic N) is 2. The Hall–Kier alpha value is -2.61. The molecule has 1 aliphatic carbocycles. The molecular formula is C22H28FN3O4. The van der Waals surface area contributed by atoms with E-state index < -0.39 is 17.5 Å². The normalized spacial score (nSPS) is 17.5. The van der Waals surface area contributed by atoms with Gasteiger partial charge in [0, 0.05) is 13.1 Å². The Morgan fingerprint density at radius 1 is 1.30 bits per heavy atom. The van der Waals surface area contributed by atoms with Crippen LogP contribution in [0.3, 0.4) is 0 Å². The van der Waals surface area contributed by atoms with E-state index in [4.69, 9.17) is 5.11 Å². The fourth-order valence-electron chi connectivity index (χ4n) is 4.59. The van der Waals surface area contributed by atoms with Gasteiger partial charge in [-0.25, -0.2) is 9.18 Å². The number of hydrogen-bond acceptors (Lipinski definition) is 5. The van der Waals surface area contributed by atoms with Gasteiger partial charge in [-0.1, -0.05) is 6.92 Å². The summed E-state index contributed by atoms with van der Waals surface area (Å²) in [5, 5.41) is 12.3. The number of carbonyl (C=O) groups is 1. The second-order valence-corrected chi connectivity index (χ2v) is 8.32. The van der Waals surface area contributed by atoms with Crippen LogP contribution in [-0.4, -0.2) is 41.8 Å². The third-order valence-electron chi connectivity index (χ3n) is 6.24. The molecule has 4 rings (SSSR count).